The first-order valence-corrected chi connectivity index (χ1v) is 6.74. The summed E-state index contributed by atoms with van der Waals surface area (Å²) in [6.45, 7) is 3.14. The van der Waals surface area contributed by atoms with Gasteiger partial charge < -0.3 is 10.1 Å². The summed E-state index contributed by atoms with van der Waals surface area (Å²) in [4.78, 5) is 4.19. The summed E-state index contributed by atoms with van der Waals surface area (Å²) in [6, 6.07) is 9.75. The van der Waals surface area contributed by atoms with E-state index in [9.17, 15) is 4.39 Å². The van der Waals surface area contributed by atoms with E-state index in [0.29, 0.717) is 5.69 Å². The Bertz CT molecular complexity index is 652. The number of anilines is 1. The van der Waals surface area contributed by atoms with Crippen LogP contribution in [0.15, 0.2) is 36.5 Å². The standard InChI is InChI=1S/C16H16FN3O/c1-2-6-19-13-5-7-20-14(9-13)11-21-16-4-3-12(10-18)8-15(16)17/h3-5,7-9H,2,6,11H2,1H3,(H,19,20). The van der Waals surface area contributed by atoms with Gasteiger partial charge in [0.05, 0.1) is 17.3 Å². The van der Waals surface area contributed by atoms with Crippen LogP contribution in [0.25, 0.3) is 0 Å². The molecule has 21 heavy (non-hydrogen) atoms. The highest BCUT2D eigenvalue weighted by Crippen LogP contribution is 2.19. The van der Waals surface area contributed by atoms with Crippen LogP contribution < -0.4 is 10.1 Å². The molecule has 0 radical (unpaired) electrons. The Morgan fingerprint density at radius 1 is 1.33 bits per heavy atom. The molecule has 0 amide bonds. The summed E-state index contributed by atoms with van der Waals surface area (Å²) >= 11 is 0. The van der Waals surface area contributed by atoms with E-state index in [1.807, 2.05) is 18.2 Å². The number of halogens is 1. The van der Waals surface area contributed by atoms with Gasteiger partial charge in [-0.3, -0.25) is 4.98 Å². The molecule has 4 nitrogen and oxygen atoms in total. The number of benzene rings is 1. The predicted molar refractivity (Wildman–Crippen MR) is 78.5 cm³/mol. The molecule has 1 heterocycles. The lowest BCUT2D eigenvalue weighted by molar-refractivity contribution is 0.286. The minimum atomic E-state index is -0.547. The molecule has 2 rings (SSSR count). The van der Waals surface area contributed by atoms with Crippen LogP contribution >= 0.6 is 0 Å². The van der Waals surface area contributed by atoms with Gasteiger partial charge in [-0.2, -0.15) is 5.26 Å². The lowest BCUT2D eigenvalue weighted by atomic mass is 10.2. The molecule has 0 aliphatic carbocycles. The van der Waals surface area contributed by atoms with Crippen molar-refractivity contribution in [3.05, 3.63) is 53.6 Å². The monoisotopic (exact) mass is 285 g/mol. The van der Waals surface area contributed by atoms with Crippen LogP contribution in [-0.4, -0.2) is 11.5 Å². The molecular weight excluding hydrogens is 269 g/mol. The number of hydrogen-bond donors (Lipinski definition) is 1. The van der Waals surface area contributed by atoms with Gasteiger partial charge in [0.1, 0.15) is 6.61 Å². The second-order valence-electron chi connectivity index (χ2n) is 4.51. The highest BCUT2D eigenvalue weighted by molar-refractivity contribution is 5.43. The van der Waals surface area contributed by atoms with E-state index in [4.69, 9.17) is 10.00 Å². The summed E-state index contributed by atoms with van der Waals surface area (Å²) in [5, 5.41) is 11.9. The van der Waals surface area contributed by atoms with E-state index in [1.165, 1.54) is 12.1 Å². The van der Waals surface area contributed by atoms with E-state index in [0.717, 1.165) is 24.7 Å². The fourth-order valence-corrected chi connectivity index (χ4v) is 1.78. The molecule has 0 aliphatic rings. The third-order valence-corrected chi connectivity index (χ3v) is 2.83. The van der Waals surface area contributed by atoms with Gasteiger partial charge in [0, 0.05) is 18.4 Å². The Morgan fingerprint density at radius 2 is 2.19 bits per heavy atom. The van der Waals surface area contributed by atoms with Crippen molar-refractivity contribution in [2.24, 2.45) is 0 Å². The van der Waals surface area contributed by atoms with Crippen molar-refractivity contribution in [1.82, 2.24) is 4.98 Å². The Balaban J connectivity index is 2.01. The first-order valence-electron chi connectivity index (χ1n) is 6.74. The molecule has 1 aromatic heterocycles. The Hall–Kier alpha value is -2.61. The second-order valence-corrected chi connectivity index (χ2v) is 4.51. The fourth-order valence-electron chi connectivity index (χ4n) is 1.78. The van der Waals surface area contributed by atoms with Crippen LogP contribution in [0.5, 0.6) is 5.75 Å². The zero-order chi connectivity index (χ0) is 15.1. The minimum absolute atomic E-state index is 0.114. The maximum absolute atomic E-state index is 13.7. The molecule has 0 atom stereocenters. The van der Waals surface area contributed by atoms with Gasteiger partial charge in [-0.1, -0.05) is 6.92 Å². The Kier molecular flexibility index (Phi) is 5.10. The van der Waals surface area contributed by atoms with Crippen LogP contribution in [0.2, 0.25) is 0 Å². The van der Waals surface area contributed by atoms with Crippen LogP contribution in [0.1, 0.15) is 24.6 Å². The second kappa shape index (κ2) is 7.25. The lowest BCUT2D eigenvalue weighted by Crippen LogP contribution is -2.03. The average Bonchev–Trinajstić information content (AvgIpc) is 2.52. The SMILES string of the molecule is CCCNc1ccnc(COc2ccc(C#N)cc2F)c1. The van der Waals surface area contributed by atoms with E-state index in [1.54, 1.807) is 6.20 Å². The summed E-state index contributed by atoms with van der Waals surface area (Å²) in [5.74, 6) is -0.433. The summed E-state index contributed by atoms with van der Waals surface area (Å²) < 4.78 is 19.1. The van der Waals surface area contributed by atoms with Gasteiger partial charge >= 0.3 is 0 Å². The van der Waals surface area contributed by atoms with Gasteiger partial charge in [0.25, 0.3) is 0 Å². The highest BCUT2D eigenvalue weighted by atomic mass is 19.1. The highest BCUT2D eigenvalue weighted by Gasteiger charge is 2.06. The van der Waals surface area contributed by atoms with Crippen molar-refractivity contribution in [2.45, 2.75) is 20.0 Å². The molecule has 108 valence electrons. The summed E-state index contributed by atoms with van der Waals surface area (Å²) in [5.41, 5.74) is 1.94. The predicted octanol–water partition coefficient (Wildman–Crippen LogP) is 3.49. The topological polar surface area (TPSA) is 57.9 Å². The summed E-state index contributed by atoms with van der Waals surface area (Å²) in [7, 11) is 0. The third kappa shape index (κ3) is 4.18. The Morgan fingerprint density at radius 3 is 2.90 bits per heavy atom. The van der Waals surface area contributed by atoms with E-state index < -0.39 is 5.82 Å². The van der Waals surface area contributed by atoms with Gasteiger partial charge in [-0.25, -0.2) is 4.39 Å². The number of nitriles is 1. The molecule has 0 aliphatic heterocycles. The molecule has 1 aromatic carbocycles. The fraction of sp³-hybridized carbons (Fsp3) is 0.250. The lowest BCUT2D eigenvalue weighted by Gasteiger charge is -2.09. The third-order valence-electron chi connectivity index (χ3n) is 2.83. The molecule has 0 bridgehead atoms. The van der Waals surface area contributed by atoms with Crippen LogP contribution in [0.3, 0.4) is 0 Å². The zero-order valence-electron chi connectivity index (χ0n) is 11.8. The smallest absolute Gasteiger partial charge is 0.166 e. The van der Waals surface area contributed by atoms with Crippen LogP contribution in [0.4, 0.5) is 10.1 Å². The first kappa shape index (κ1) is 14.8. The van der Waals surface area contributed by atoms with Crippen molar-refractivity contribution in [2.75, 3.05) is 11.9 Å². The molecule has 1 N–H and O–H groups in total. The van der Waals surface area contributed by atoms with E-state index in [2.05, 4.69) is 17.2 Å². The molecule has 0 saturated carbocycles. The number of ether oxygens (including phenoxy) is 1. The number of pyridine rings is 1. The van der Waals surface area contributed by atoms with Crippen molar-refractivity contribution < 1.29 is 9.13 Å². The minimum Gasteiger partial charge on any atom is -0.484 e. The average molecular weight is 285 g/mol. The van der Waals surface area contributed by atoms with Crippen molar-refractivity contribution in [1.29, 1.82) is 5.26 Å². The molecule has 0 spiro atoms. The van der Waals surface area contributed by atoms with Crippen molar-refractivity contribution in [3.63, 3.8) is 0 Å². The number of aromatic nitrogens is 1. The van der Waals surface area contributed by atoms with Gasteiger partial charge in [-0.05, 0) is 36.8 Å². The number of nitrogens with zero attached hydrogens (tertiary/aromatic N) is 2. The zero-order valence-corrected chi connectivity index (χ0v) is 11.8. The van der Waals surface area contributed by atoms with Gasteiger partial charge in [-0.15, -0.1) is 0 Å². The molecule has 5 heteroatoms. The van der Waals surface area contributed by atoms with Crippen LogP contribution in [0, 0.1) is 17.1 Å². The molecule has 2 aromatic rings. The van der Waals surface area contributed by atoms with Gasteiger partial charge in [0.15, 0.2) is 11.6 Å². The normalized spacial score (nSPS) is 9.95. The first-order chi connectivity index (χ1) is 10.2. The number of hydrogen-bond acceptors (Lipinski definition) is 4. The van der Waals surface area contributed by atoms with Crippen LogP contribution in [-0.2, 0) is 6.61 Å². The Labute approximate surface area is 123 Å². The quantitative estimate of drug-likeness (QED) is 0.882. The van der Waals surface area contributed by atoms with E-state index >= 15 is 0 Å². The molecule has 0 saturated heterocycles. The van der Waals surface area contributed by atoms with Gasteiger partial charge in [0.2, 0.25) is 0 Å². The largest absolute Gasteiger partial charge is 0.484 e. The number of nitrogens with one attached hydrogen (secondary N) is 1. The maximum atomic E-state index is 13.7. The van der Waals surface area contributed by atoms with E-state index in [-0.39, 0.29) is 17.9 Å². The van der Waals surface area contributed by atoms with Crippen molar-refractivity contribution in [3.8, 4) is 11.8 Å². The molecular formula is C16H16FN3O. The maximum Gasteiger partial charge on any atom is 0.166 e. The van der Waals surface area contributed by atoms with Crippen molar-refractivity contribution >= 4 is 5.69 Å². The number of rotatable bonds is 6. The summed E-state index contributed by atoms with van der Waals surface area (Å²) in [6.07, 6.45) is 2.72. The molecule has 0 unspecified atom stereocenters. The molecule has 0 fully saturated rings.